The number of rotatable bonds is 2. The van der Waals surface area contributed by atoms with Gasteiger partial charge in [0.05, 0.1) is 0 Å². The molecule has 0 amide bonds. The molecule has 1 rings (SSSR count). The zero-order chi connectivity index (χ0) is 11.1. The lowest BCUT2D eigenvalue weighted by atomic mass is 9.99. The van der Waals surface area contributed by atoms with Crippen LogP contribution in [0.2, 0.25) is 0 Å². The third-order valence-electron chi connectivity index (χ3n) is 2.35. The highest BCUT2D eigenvalue weighted by Gasteiger charge is 2.03. The molecule has 0 fully saturated rings. The van der Waals surface area contributed by atoms with Gasteiger partial charge in [-0.1, -0.05) is 27.7 Å². The lowest BCUT2D eigenvalue weighted by Crippen LogP contribution is -1.95. The number of hydrogen-bond donors (Lipinski definition) is 0. The summed E-state index contributed by atoms with van der Waals surface area (Å²) in [6.07, 6.45) is 1.83. The van der Waals surface area contributed by atoms with Crippen LogP contribution >= 0.6 is 0 Å². The van der Waals surface area contributed by atoms with Crippen LogP contribution in [0.3, 0.4) is 0 Å². The minimum atomic E-state index is -0.102. The SMILES string of the molecule is CC.CCc1cc(F)cc(CC)c1C. The van der Waals surface area contributed by atoms with Gasteiger partial charge in [-0.15, -0.1) is 0 Å². The quantitative estimate of drug-likeness (QED) is 0.662. The zero-order valence-corrected chi connectivity index (χ0v) is 9.95. The molecule has 0 spiro atoms. The van der Waals surface area contributed by atoms with Crippen LogP contribution in [0.5, 0.6) is 0 Å². The summed E-state index contributed by atoms with van der Waals surface area (Å²) in [6, 6.07) is 3.27. The molecule has 1 aromatic carbocycles. The maximum absolute atomic E-state index is 13.0. The van der Waals surface area contributed by atoms with Gasteiger partial charge in [-0.2, -0.15) is 0 Å². The lowest BCUT2D eigenvalue weighted by molar-refractivity contribution is 0.622. The molecule has 0 radical (unpaired) electrons. The average Bonchev–Trinajstić information content (AvgIpc) is 2.23. The largest absolute Gasteiger partial charge is 0.207 e. The van der Waals surface area contributed by atoms with Crippen molar-refractivity contribution in [1.29, 1.82) is 0 Å². The van der Waals surface area contributed by atoms with Gasteiger partial charge in [-0.05, 0) is 48.6 Å². The van der Waals surface area contributed by atoms with E-state index in [1.165, 1.54) is 5.56 Å². The molecule has 0 aliphatic heterocycles. The Labute approximate surface area is 87.2 Å². The maximum Gasteiger partial charge on any atom is 0.123 e. The van der Waals surface area contributed by atoms with E-state index in [9.17, 15) is 4.39 Å². The Bertz CT molecular complexity index is 252. The van der Waals surface area contributed by atoms with Gasteiger partial charge in [-0.3, -0.25) is 0 Å². The van der Waals surface area contributed by atoms with Gasteiger partial charge >= 0.3 is 0 Å². The van der Waals surface area contributed by atoms with Crippen LogP contribution in [0.4, 0.5) is 4.39 Å². The Balaban J connectivity index is 0.000000791. The minimum Gasteiger partial charge on any atom is -0.207 e. The number of hydrogen-bond acceptors (Lipinski definition) is 0. The Morgan fingerprint density at radius 2 is 1.36 bits per heavy atom. The Hall–Kier alpha value is -0.850. The molecule has 0 aromatic heterocycles. The second-order valence-electron chi connectivity index (χ2n) is 3.06. The van der Waals surface area contributed by atoms with Crippen molar-refractivity contribution in [2.75, 3.05) is 0 Å². The standard InChI is InChI=1S/C11H15F.C2H6/c1-4-9-6-11(12)7-10(5-2)8(9)3;1-2/h6-7H,4-5H2,1-3H3;1-2H3. The van der Waals surface area contributed by atoms with E-state index in [-0.39, 0.29) is 5.82 Å². The molecule has 0 saturated carbocycles. The van der Waals surface area contributed by atoms with Crippen molar-refractivity contribution < 1.29 is 4.39 Å². The molecule has 14 heavy (non-hydrogen) atoms. The first kappa shape index (κ1) is 13.2. The van der Waals surface area contributed by atoms with Gasteiger partial charge in [0.1, 0.15) is 5.82 Å². The lowest BCUT2D eigenvalue weighted by Gasteiger charge is -2.08. The molecular weight excluding hydrogens is 175 g/mol. The van der Waals surface area contributed by atoms with Crippen LogP contribution in [0, 0.1) is 12.7 Å². The normalized spacial score (nSPS) is 9.29. The van der Waals surface area contributed by atoms with Crippen molar-refractivity contribution in [3.8, 4) is 0 Å². The van der Waals surface area contributed by atoms with Crippen LogP contribution in [0.1, 0.15) is 44.4 Å². The van der Waals surface area contributed by atoms with E-state index < -0.39 is 0 Å². The molecule has 0 atom stereocenters. The van der Waals surface area contributed by atoms with Crippen molar-refractivity contribution in [2.24, 2.45) is 0 Å². The highest BCUT2D eigenvalue weighted by molar-refractivity contribution is 5.34. The third kappa shape index (κ3) is 3.13. The molecule has 0 nitrogen and oxygen atoms in total. The second kappa shape index (κ2) is 6.58. The predicted molar refractivity (Wildman–Crippen MR) is 61.2 cm³/mol. The first-order chi connectivity index (χ1) is 6.69. The minimum absolute atomic E-state index is 0.102. The Morgan fingerprint density at radius 3 is 1.64 bits per heavy atom. The van der Waals surface area contributed by atoms with Crippen LogP contribution in [-0.2, 0) is 12.8 Å². The summed E-state index contributed by atoms with van der Waals surface area (Å²) >= 11 is 0. The molecule has 0 saturated heterocycles. The van der Waals surface area contributed by atoms with Gasteiger partial charge < -0.3 is 0 Å². The van der Waals surface area contributed by atoms with Crippen molar-refractivity contribution in [1.82, 2.24) is 0 Å². The van der Waals surface area contributed by atoms with Gasteiger partial charge in [0.2, 0.25) is 0 Å². The zero-order valence-electron chi connectivity index (χ0n) is 9.95. The number of aryl methyl sites for hydroxylation is 2. The van der Waals surface area contributed by atoms with Gasteiger partial charge in [-0.25, -0.2) is 4.39 Å². The Morgan fingerprint density at radius 1 is 1.00 bits per heavy atom. The molecule has 0 aliphatic carbocycles. The van der Waals surface area contributed by atoms with Gasteiger partial charge in [0, 0.05) is 0 Å². The molecule has 0 N–H and O–H groups in total. The third-order valence-corrected chi connectivity index (χ3v) is 2.35. The van der Waals surface area contributed by atoms with Crippen LogP contribution in [0.15, 0.2) is 12.1 Å². The fraction of sp³-hybridized carbons (Fsp3) is 0.538. The first-order valence-electron chi connectivity index (χ1n) is 5.47. The molecular formula is C13H21F. The van der Waals surface area contributed by atoms with Gasteiger partial charge in [0.25, 0.3) is 0 Å². The highest BCUT2D eigenvalue weighted by Crippen LogP contribution is 2.17. The summed E-state index contributed by atoms with van der Waals surface area (Å²) in [5.74, 6) is -0.102. The number of halogens is 1. The molecule has 1 heteroatoms. The molecule has 1 aromatic rings. The first-order valence-corrected chi connectivity index (χ1v) is 5.47. The predicted octanol–water partition coefficient (Wildman–Crippen LogP) is 4.29. The topological polar surface area (TPSA) is 0 Å². The summed E-state index contributed by atoms with van der Waals surface area (Å²) in [7, 11) is 0. The van der Waals surface area contributed by atoms with E-state index in [4.69, 9.17) is 0 Å². The van der Waals surface area contributed by atoms with Crippen molar-refractivity contribution >= 4 is 0 Å². The summed E-state index contributed by atoms with van der Waals surface area (Å²) in [4.78, 5) is 0. The average molecular weight is 196 g/mol. The molecule has 0 aliphatic rings. The highest BCUT2D eigenvalue weighted by atomic mass is 19.1. The van der Waals surface area contributed by atoms with Crippen molar-refractivity contribution in [3.05, 3.63) is 34.6 Å². The van der Waals surface area contributed by atoms with E-state index in [0.29, 0.717) is 0 Å². The van der Waals surface area contributed by atoms with Gasteiger partial charge in [0.15, 0.2) is 0 Å². The van der Waals surface area contributed by atoms with Crippen LogP contribution in [-0.4, -0.2) is 0 Å². The maximum atomic E-state index is 13.0. The summed E-state index contributed by atoms with van der Waals surface area (Å²) in [5.41, 5.74) is 3.51. The molecule has 80 valence electrons. The molecule has 0 heterocycles. The van der Waals surface area contributed by atoms with E-state index in [2.05, 4.69) is 20.8 Å². The molecule has 0 unspecified atom stereocenters. The van der Waals surface area contributed by atoms with Crippen molar-refractivity contribution in [3.63, 3.8) is 0 Å². The van der Waals surface area contributed by atoms with E-state index in [1.807, 2.05) is 13.8 Å². The van der Waals surface area contributed by atoms with E-state index in [1.54, 1.807) is 12.1 Å². The summed E-state index contributed by atoms with van der Waals surface area (Å²) in [5, 5.41) is 0. The second-order valence-corrected chi connectivity index (χ2v) is 3.06. The summed E-state index contributed by atoms with van der Waals surface area (Å²) in [6.45, 7) is 10.2. The number of benzene rings is 1. The fourth-order valence-corrected chi connectivity index (χ4v) is 1.53. The van der Waals surface area contributed by atoms with Crippen LogP contribution < -0.4 is 0 Å². The summed E-state index contributed by atoms with van der Waals surface area (Å²) < 4.78 is 13.0. The smallest absolute Gasteiger partial charge is 0.123 e. The van der Waals surface area contributed by atoms with Crippen molar-refractivity contribution in [2.45, 2.75) is 47.5 Å². The van der Waals surface area contributed by atoms with Crippen LogP contribution in [0.25, 0.3) is 0 Å². The molecule has 0 bridgehead atoms. The van der Waals surface area contributed by atoms with E-state index in [0.717, 1.165) is 24.0 Å². The Kier molecular flexibility index (Phi) is 6.18. The monoisotopic (exact) mass is 196 g/mol. The van der Waals surface area contributed by atoms with E-state index >= 15 is 0 Å². The fourth-order valence-electron chi connectivity index (χ4n) is 1.53.